The molecule has 176 valence electrons. The number of carbonyl (C=O) groups excluding carboxylic acids is 2. The van der Waals surface area contributed by atoms with Crippen molar-refractivity contribution in [3.05, 3.63) is 71.8 Å². The summed E-state index contributed by atoms with van der Waals surface area (Å²) < 4.78 is 39.1. The number of Topliss-reactive ketones (excluding diaryl/α,β-unsaturated/α-hetero) is 1. The fraction of sp³-hybridized carbons (Fsp3) is 0.364. The monoisotopic (exact) mass is 488 g/mol. The van der Waals surface area contributed by atoms with Crippen LogP contribution in [0.5, 0.6) is 0 Å². The Morgan fingerprint density at radius 3 is 2.00 bits per heavy atom. The molecule has 5 N–H and O–H groups in total. The molecule has 33 heavy (non-hydrogen) atoms. The van der Waals surface area contributed by atoms with Gasteiger partial charge < -0.3 is 22.3 Å². The van der Waals surface area contributed by atoms with Gasteiger partial charge in [0.05, 0.1) is 12.1 Å². The maximum absolute atomic E-state index is 13.2. The van der Waals surface area contributed by atoms with Crippen LogP contribution in [-0.2, 0) is 32.7 Å². The number of carbonyl (C=O) groups is 2. The first kappa shape index (κ1) is 29.2. The molecule has 1 amide bonds. The van der Waals surface area contributed by atoms with Crippen LogP contribution in [0.1, 0.15) is 26.4 Å². The van der Waals surface area contributed by atoms with Gasteiger partial charge in [0, 0.05) is 0 Å². The van der Waals surface area contributed by atoms with Crippen LogP contribution >= 0.6 is 0 Å². The van der Waals surface area contributed by atoms with Crippen molar-refractivity contribution >= 4 is 22.0 Å². The summed E-state index contributed by atoms with van der Waals surface area (Å²) in [7, 11) is -5.36. The molecule has 9 nitrogen and oxygen atoms in total. The molecule has 0 heterocycles. The Balaban J connectivity index is 0.00000544. The van der Waals surface area contributed by atoms with Crippen LogP contribution < -0.4 is 40.6 Å². The first-order chi connectivity index (χ1) is 15.0. The predicted octanol–water partition coefficient (Wildman–Crippen LogP) is -1.23. The predicted molar refractivity (Wildman–Crippen MR) is 119 cm³/mol. The van der Waals surface area contributed by atoms with Gasteiger partial charge in [-0.2, -0.15) is 8.42 Å². The SMILES string of the molecule is CC(C)[C@H](NC(=O)OCc1ccccc1)C(=O)C(O)(C(N)Cc1ccccc1)S(=O)(=O)O.[H-].[Na+]. The van der Waals surface area contributed by atoms with Crippen molar-refractivity contribution < 1.29 is 63.4 Å². The van der Waals surface area contributed by atoms with Crippen LogP contribution in [0.4, 0.5) is 4.79 Å². The molecule has 2 aromatic rings. The van der Waals surface area contributed by atoms with Crippen LogP contribution in [0.25, 0.3) is 0 Å². The summed E-state index contributed by atoms with van der Waals surface area (Å²) in [5.74, 6) is -2.00. The summed E-state index contributed by atoms with van der Waals surface area (Å²) in [5.41, 5.74) is 7.17. The van der Waals surface area contributed by atoms with E-state index >= 15 is 0 Å². The normalized spacial score (nSPS) is 15.0. The number of nitrogens with one attached hydrogen (secondary N) is 1. The van der Waals surface area contributed by atoms with Crippen LogP contribution in [0, 0.1) is 5.92 Å². The molecule has 2 rings (SSSR count). The van der Waals surface area contributed by atoms with Gasteiger partial charge in [0.15, 0.2) is 0 Å². The van der Waals surface area contributed by atoms with E-state index in [1.54, 1.807) is 60.7 Å². The second kappa shape index (κ2) is 12.6. The average Bonchev–Trinajstić information content (AvgIpc) is 2.75. The second-order valence-corrected chi connectivity index (χ2v) is 9.33. The first-order valence-corrected chi connectivity index (χ1v) is 11.4. The van der Waals surface area contributed by atoms with E-state index in [0.717, 1.165) is 0 Å². The minimum Gasteiger partial charge on any atom is -1.00 e. The van der Waals surface area contributed by atoms with E-state index in [0.29, 0.717) is 11.1 Å². The molecule has 2 aromatic carbocycles. The van der Waals surface area contributed by atoms with Gasteiger partial charge in [0.2, 0.25) is 5.78 Å². The summed E-state index contributed by atoms with van der Waals surface area (Å²) in [5, 5.41) is 13.2. The fourth-order valence-corrected chi connectivity index (χ4v) is 4.00. The average molecular weight is 489 g/mol. The zero-order valence-electron chi connectivity index (χ0n) is 19.8. The molecule has 0 radical (unpaired) electrons. The van der Waals surface area contributed by atoms with Crippen molar-refractivity contribution in [3.63, 3.8) is 0 Å². The number of ketones is 1. The molecule has 0 saturated carbocycles. The van der Waals surface area contributed by atoms with Crippen molar-refractivity contribution in [2.24, 2.45) is 11.7 Å². The van der Waals surface area contributed by atoms with Crippen LogP contribution in [-0.4, -0.2) is 47.0 Å². The topological polar surface area (TPSA) is 156 Å². The Bertz CT molecular complexity index is 1030. The largest absolute Gasteiger partial charge is 1.00 e. The van der Waals surface area contributed by atoms with E-state index in [1.807, 2.05) is 0 Å². The molecule has 0 aromatic heterocycles. The van der Waals surface area contributed by atoms with Gasteiger partial charge in [-0.05, 0) is 23.5 Å². The van der Waals surface area contributed by atoms with Gasteiger partial charge in [-0.1, -0.05) is 74.5 Å². The number of alkyl carbamates (subject to hydrolysis) is 1. The molecule has 0 aliphatic carbocycles. The van der Waals surface area contributed by atoms with E-state index in [-0.39, 0.29) is 44.0 Å². The smallest absolute Gasteiger partial charge is 1.00 e. The van der Waals surface area contributed by atoms with Gasteiger partial charge in [-0.3, -0.25) is 9.35 Å². The number of amides is 1. The quantitative estimate of drug-likeness (QED) is 0.239. The van der Waals surface area contributed by atoms with Crippen LogP contribution in [0.15, 0.2) is 60.7 Å². The molecular formula is C22H29N2NaO7S. The number of rotatable bonds is 10. The third kappa shape index (κ3) is 7.61. The third-order valence-corrected chi connectivity index (χ3v) is 6.27. The van der Waals surface area contributed by atoms with Gasteiger partial charge in [-0.25, -0.2) is 4.79 Å². The summed E-state index contributed by atoms with van der Waals surface area (Å²) >= 11 is 0. The van der Waals surface area contributed by atoms with E-state index < -0.39 is 44.9 Å². The summed E-state index contributed by atoms with van der Waals surface area (Å²) in [6.45, 7) is 2.99. The minimum atomic E-state index is -5.36. The van der Waals surface area contributed by atoms with Crippen molar-refractivity contribution in [2.75, 3.05) is 0 Å². The third-order valence-electron chi connectivity index (χ3n) is 4.98. The Labute approximate surface area is 217 Å². The maximum atomic E-state index is 13.2. The summed E-state index contributed by atoms with van der Waals surface area (Å²) in [6, 6.07) is 13.9. The van der Waals surface area contributed by atoms with Crippen LogP contribution in [0.2, 0.25) is 0 Å². The van der Waals surface area contributed by atoms with Gasteiger partial charge in [-0.15, -0.1) is 0 Å². The fourth-order valence-electron chi connectivity index (χ4n) is 3.16. The first-order valence-electron chi connectivity index (χ1n) is 9.97. The van der Waals surface area contributed by atoms with E-state index in [9.17, 15) is 27.7 Å². The number of hydrogen-bond donors (Lipinski definition) is 4. The summed E-state index contributed by atoms with van der Waals surface area (Å²) in [6.07, 6.45) is -1.21. The number of ether oxygens (including phenoxy) is 1. The molecule has 0 aliphatic heterocycles. The van der Waals surface area contributed by atoms with E-state index in [4.69, 9.17) is 10.5 Å². The van der Waals surface area contributed by atoms with Crippen LogP contribution in [0.3, 0.4) is 0 Å². The van der Waals surface area contributed by atoms with Gasteiger partial charge in [0.1, 0.15) is 6.61 Å². The Hall–Kier alpha value is -1.79. The minimum absolute atomic E-state index is 0. The Morgan fingerprint density at radius 1 is 1.06 bits per heavy atom. The maximum Gasteiger partial charge on any atom is 1.00 e. The van der Waals surface area contributed by atoms with Crippen molar-refractivity contribution in [1.29, 1.82) is 0 Å². The number of aliphatic hydroxyl groups is 1. The molecule has 0 spiro atoms. The van der Waals surface area contributed by atoms with Crippen molar-refractivity contribution in [3.8, 4) is 0 Å². The van der Waals surface area contributed by atoms with E-state index in [1.165, 1.54) is 13.8 Å². The molecule has 2 unspecified atom stereocenters. The Morgan fingerprint density at radius 2 is 1.55 bits per heavy atom. The summed E-state index contributed by atoms with van der Waals surface area (Å²) in [4.78, 5) is 22.1. The van der Waals surface area contributed by atoms with Gasteiger partial charge in [0.25, 0.3) is 4.93 Å². The van der Waals surface area contributed by atoms with Gasteiger partial charge >= 0.3 is 45.8 Å². The molecule has 0 saturated heterocycles. The standard InChI is InChI=1S/C22H28N2O7S.Na.H/c1-15(2)19(24-21(26)31-14-17-11-7-4-8-12-17)20(25)22(27,32(28,29)30)18(23)13-16-9-5-3-6-10-16;;/h3-12,15,18-19,27H,13-14,23H2,1-2H3,(H,24,26)(H,28,29,30);;/q;+1;-1/t18?,19-,22?;;/m0../s1. The molecule has 0 aliphatic rings. The molecule has 0 bridgehead atoms. The Kier molecular flexibility index (Phi) is 11.2. The molecular weight excluding hydrogens is 459 g/mol. The zero-order chi connectivity index (χ0) is 23.9. The molecule has 11 heteroatoms. The molecule has 3 atom stereocenters. The number of benzene rings is 2. The number of nitrogens with two attached hydrogens (primary N) is 1. The second-order valence-electron chi connectivity index (χ2n) is 7.76. The zero-order valence-corrected chi connectivity index (χ0v) is 21.7. The molecule has 0 fully saturated rings. The van der Waals surface area contributed by atoms with E-state index in [2.05, 4.69) is 5.32 Å². The van der Waals surface area contributed by atoms with Crippen molar-refractivity contribution in [2.45, 2.75) is 43.9 Å². The number of hydrogen-bond acceptors (Lipinski definition) is 7. The van der Waals surface area contributed by atoms with Crippen molar-refractivity contribution in [1.82, 2.24) is 5.32 Å².